The monoisotopic (exact) mass is 302 g/mol. The fourth-order valence-electron chi connectivity index (χ4n) is 3.67. The zero-order valence-corrected chi connectivity index (χ0v) is 13.8. The summed E-state index contributed by atoms with van der Waals surface area (Å²) in [5, 5.41) is 6.72. The van der Waals surface area contributed by atoms with Crippen LogP contribution in [0.5, 0.6) is 0 Å². The molecular weight excluding hydrogens is 272 g/mol. The maximum Gasteiger partial charge on any atom is 0.220 e. The summed E-state index contributed by atoms with van der Waals surface area (Å²) in [5.74, 6) is 1.66. The summed E-state index contributed by atoms with van der Waals surface area (Å²) < 4.78 is 0. The number of hydrogen-bond donors (Lipinski definition) is 2. The van der Waals surface area contributed by atoms with Crippen LogP contribution in [0.15, 0.2) is 0 Å². The fraction of sp³-hybridized carbons (Fsp3) is 0.938. The molecule has 1 saturated heterocycles. The SMILES string of the molecule is CC1CCNC(C)C1NC(=O)CCC1CCCCC1.Cl. The number of hydrogen-bond acceptors (Lipinski definition) is 2. The van der Waals surface area contributed by atoms with E-state index in [0.29, 0.717) is 18.0 Å². The highest BCUT2D eigenvalue weighted by Crippen LogP contribution is 2.27. The Hall–Kier alpha value is -0.280. The van der Waals surface area contributed by atoms with Crippen LogP contribution in [0.1, 0.15) is 65.2 Å². The van der Waals surface area contributed by atoms with Gasteiger partial charge in [-0.1, -0.05) is 39.0 Å². The van der Waals surface area contributed by atoms with Gasteiger partial charge < -0.3 is 10.6 Å². The first-order chi connectivity index (χ1) is 9.16. The summed E-state index contributed by atoms with van der Waals surface area (Å²) >= 11 is 0. The van der Waals surface area contributed by atoms with Crippen molar-refractivity contribution in [3.8, 4) is 0 Å². The second-order valence-corrected chi connectivity index (χ2v) is 6.64. The van der Waals surface area contributed by atoms with Crippen molar-refractivity contribution in [2.24, 2.45) is 11.8 Å². The summed E-state index contributed by atoms with van der Waals surface area (Å²) in [7, 11) is 0. The van der Waals surface area contributed by atoms with Gasteiger partial charge in [-0.2, -0.15) is 0 Å². The number of carbonyl (C=O) groups is 1. The maximum atomic E-state index is 12.1. The highest BCUT2D eigenvalue weighted by molar-refractivity contribution is 5.85. The van der Waals surface area contributed by atoms with Gasteiger partial charge in [0.25, 0.3) is 0 Å². The van der Waals surface area contributed by atoms with E-state index in [1.54, 1.807) is 0 Å². The molecular formula is C16H31ClN2O. The van der Waals surface area contributed by atoms with Crippen molar-refractivity contribution in [2.45, 2.75) is 77.3 Å². The largest absolute Gasteiger partial charge is 0.352 e. The Morgan fingerprint density at radius 3 is 2.50 bits per heavy atom. The van der Waals surface area contributed by atoms with Gasteiger partial charge in [-0.05, 0) is 38.1 Å². The molecule has 3 nitrogen and oxygen atoms in total. The van der Waals surface area contributed by atoms with Gasteiger partial charge in [0.05, 0.1) is 0 Å². The molecule has 0 spiro atoms. The smallest absolute Gasteiger partial charge is 0.220 e. The minimum atomic E-state index is 0. The van der Waals surface area contributed by atoms with Crippen LogP contribution < -0.4 is 10.6 Å². The molecule has 2 N–H and O–H groups in total. The maximum absolute atomic E-state index is 12.1. The van der Waals surface area contributed by atoms with E-state index in [1.165, 1.54) is 32.1 Å². The third-order valence-corrected chi connectivity index (χ3v) is 5.05. The van der Waals surface area contributed by atoms with Crippen molar-refractivity contribution in [1.82, 2.24) is 10.6 Å². The fourth-order valence-corrected chi connectivity index (χ4v) is 3.67. The second kappa shape index (κ2) is 8.89. The van der Waals surface area contributed by atoms with Gasteiger partial charge >= 0.3 is 0 Å². The van der Waals surface area contributed by atoms with E-state index in [2.05, 4.69) is 24.5 Å². The summed E-state index contributed by atoms with van der Waals surface area (Å²) in [6, 6.07) is 0.718. The second-order valence-electron chi connectivity index (χ2n) is 6.64. The first-order valence-electron chi connectivity index (χ1n) is 8.19. The Morgan fingerprint density at radius 1 is 1.15 bits per heavy atom. The first-order valence-corrected chi connectivity index (χ1v) is 8.19. The number of rotatable bonds is 4. The van der Waals surface area contributed by atoms with Gasteiger partial charge in [0, 0.05) is 18.5 Å². The van der Waals surface area contributed by atoms with E-state index >= 15 is 0 Å². The molecule has 0 aromatic rings. The van der Waals surface area contributed by atoms with Gasteiger partial charge in [-0.3, -0.25) is 4.79 Å². The molecule has 0 aromatic heterocycles. The molecule has 1 heterocycles. The lowest BCUT2D eigenvalue weighted by Gasteiger charge is -2.36. The molecule has 0 radical (unpaired) electrons. The van der Waals surface area contributed by atoms with Crippen LogP contribution in [0.25, 0.3) is 0 Å². The Morgan fingerprint density at radius 2 is 1.85 bits per heavy atom. The zero-order chi connectivity index (χ0) is 13.7. The van der Waals surface area contributed by atoms with Crippen LogP contribution in [0, 0.1) is 11.8 Å². The number of carbonyl (C=O) groups excluding carboxylic acids is 1. The van der Waals surface area contributed by atoms with Crippen LogP contribution in [-0.4, -0.2) is 24.5 Å². The van der Waals surface area contributed by atoms with Crippen molar-refractivity contribution >= 4 is 18.3 Å². The van der Waals surface area contributed by atoms with Crippen LogP contribution in [0.3, 0.4) is 0 Å². The molecule has 1 aliphatic carbocycles. The Balaban J connectivity index is 0.00000200. The van der Waals surface area contributed by atoms with E-state index < -0.39 is 0 Å². The third kappa shape index (κ3) is 5.25. The predicted octanol–water partition coefficient (Wildman–Crippen LogP) is 3.27. The van der Waals surface area contributed by atoms with Crippen molar-refractivity contribution in [3.63, 3.8) is 0 Å². The summed E-state index contributed by atoms with van der Waals surface area (Å²) in [4.78, 5) is 12.1. The van der Waals surface area contributed by atoms with Gasteiger partial charge in [0.1, 0.15) is 0 Å². The van der Waals surface area contributed by atoms with Gasteiger partial charge in [-0.15, -0.1) is 12.4 Å². The minimum Gasteiger partial charge on any atom is -0.352 e. The van der Waals surface area contributed by atoms with E-state index in [1.807, 2.05) is 0 Å². The highest BCUT2D eigenvalue weighted by atomic mass is 35.5. The van der Waals surface area contributed by atoms with Crippen molar-refractivity contribution in [3.05, 3.63) is 0 Å². The number of nitrogens with one attached hydrogen (secondary N) is 2. The lowest BCUT2D eigenvalue weighted by Crippen LogP contribution is -2.55. The molecule has 1 aliphatic heterocycles. The molecule has 2 fully saturated rings. The highest BCUT2D eigenvalue weighted by Gasteiger charge is 2.28. The number of piperidine rings is 1. The van der Waals surface area contributed by atoms with Crippen LogP contribution in [-0.2, 0) is 4.79 Å². The van der Waals surface area contributed by atoms with Crippen LogP contribution in [0.4, 0.5) is 0 Å². The molecule has 2 aliphatic rings. The van der Waals surface area contributed by atoms with Gasteiger partial charge in [0.15, 0.2) is 0 Å². The quantitative estimate of drug-likeness (QED) is 0.837. The van der Waals surface area contributed by atoms with E-state index in [9.17, 15) is 4.79 Å². The lowest BCUT2D eigenvalue weighted by atomic mass is 9.85. The Labute approximate surface area is 130 Å². The standard InChI is InChI=1S/C16H30N2O.ClH/c1-12-10-11-17-13(2)16(12)18-15(19)9-8-14-6-4-3-5-7-14;/h12-14,16-17H,3-11H2,1-2H3,(H,18,19);1H. The van der Waals surface area contributed by atoms with Crippen LogP contribution >= 0.6 is 12.4 Å². The zero-order valence-electron chi connectivity index (χ0n) is 13.0. The van der Waals surface area contributed by atoms with Crippen molar-refractivity contribution in [1.29, 1.82) is 0 Å². The van der Waals surface area contributed by atoms with E-state index in [4.69, 9.17) is 0 Å². The third-order valence-electron chi connectivity index (χ3n) is 5.05. The molecule has 1 saturated carbocycles. The Kier molecular flexibility index (Phi) is 7.90. The molecule has 20 heavy (non-hydrogen) atoms. The van der Waals surface area contributed by atoms with E-state index in [-0.39, 0.29) is 18.3 Å². The lowest BCUT2D eigenvalue weighted by molar-refractivity contribution is -0.122. The number of amides is 1. The van der Waals surface area contributed by atoms with Crippen LogP contribution in [0.2, 0.25) is 0 Å². The molecule has 4 heteroatoms. The molecule has 0 bridgehead atoms. The van der Waals surface area contributed by atoms with Crippen molar-refractivity contribution < 1.29 is 4.79 Å². The molecule has 118 valence electrons. The summed E-state index contributed by atoms with van der Waals surface area (Å²) in [5.41, 5.74) is 0. The predicted molar refractivity (Wildman–Crippen MR) is 86.2 cm³/mol. The topological polar surface area (TPSA) is 41.1 Å². The summed E-state index contributed by atoms with van der Waals surface area (Å²) in [6.07, 6.45) is 9.79. The average Bonchev–Trinajstić information content (AvgIpc) is 2.42. The molecule has 0 aromatic carbocycles. The normalized spacial score (nSPS) is 31.4. The van der Waals surface area contributed by atoms with Gasteiger partial charge in [0.2, 0.25) is 5.91 Å². The Bertz CT molecular complexity index is 282. The van der Waals surface area contributed by atoms with E-state index in [0.717, 1.165) is 31.7 Å². The molecule has 1 amide bonds. The molecule has 3 atom stereocenters. The minimum absolute atomic E-state index is 0. The van der Waals surface area contributed by atoms with Gasteiger partial charge in [-0.25, -0.2) is 0 Å². The molecule has 3 unspecified atom stereocenters. The molecule has 2 rings (SSSR count). The van der Waals surface area contributed by atoms with Crippen molar-refractivity contribution in [2.75, 3.05) is 6.54 Å². The first kappa shape index (κ1) is 17.8. The summed E-state index contributed by atoms with van der Waals surface area (Å²) in [6.45, 7) is 5.52. The number of halogens is 1. The average molecular weight is 303 g/mol.